The first-order valence-electron chi connectivity index (χ1n) is 5.88. The van der Waals surface area contributed by atoms with Gasteiger partial charge >= 0.3 is 0 Å². The molecule has 0 aromatic carbocycles. The fourth-order valence-corrected chi connectivity index (χ4v) is 2.80. The van der Waals surface area contributed by atoms with Crippen molar-refractivity contribution in [1.29, 1.82) is 0 Å². The molecule has 2 heterocycles. The second-order valence-corrected chi connectivity index (χ2v) is 5.14. The van der Waals surface area contributed by atoms with Gasteiger partial charge in [0.2, 0.25) is 0 Å². The molecule has 2 rings (SSSR count). The number of hydrogen-bond acceptors (Lipinski definition) is 4. The fourth-order valence-electron chi connectivity index (χ4n) is 1.75. The molecule has 0 radical (unpaired) electrons. The Hall–Kier alpha value is -1.26. The van der Waals surface area contributed by atoms with Crippen molar-refractivity contribution < 1.29 is 0 Å². The molecule has 17 heavy (non-hydrogen) atoms. The number of rotatable bonds is 4. The molecule has 2 aromatic heterocycles. The number of thiazole rings is 1. The Kier molecular flexibility index (Phi) is 3.86. The zero-order valence-corrected chi connectivity index (χ0v) is 11.0. The summed E-state index contributed by atoms with van der Waals surface area (Å²) in [5, 5.41) is 1.02. The Labute approximate surface area is 106 Å². The minimum Gasteiger partial charge on any atom is -0.323 e. The molecule has 4 heteroatoms. The van der Waals surface area contributed by atoms with Crippen LogP contribution < -0.4 is 5.73 Å². The van der Waals surface area contributed by atoms with E-state index in [-0.39, 0.29) is 6.04 Å². The van der Waals surface area contributed by atoms with Crippen LogP contribution in [0.4, 0.5) is 0 Å². The smallest absolute Gasteiger partial charge is 0.125 e. The van der Waals surface area contributed by atoms with E-state index in [1.807, 2.05) is 25.3 Å². The van der Waals surface area contributed by atoms with Gasteiger partial charge < -0.3 is 5.73 Å². The predicted octanol–water partition coefficient (Wildman–Crippen LogP) is 3.18. The van der Waals surface area contributed by atoms with Crippen molar-refractivity contribution in [3.8, 4) is 10.6 Å². The van der Waals surface area contributed by atoms with Gasteiger partial charge in [0.1, 0.15) is 5.01 Å². The molecular formula is C13H17N3S. The number of nitrogens with zero attached hydrogens (tertiary/aromatic N) is 2. The summed E-state index contributed by atoms with van der Waals surface area (Å²) < 4.78 is 0. The van der Waals surface area contributed by atoms with E-state index in [2.05, 4.69) is 16.9 Å². The van der Waals surface area contributed by atoms with E-state index in [9.17, 15) is 0 Å². The highest BCUT2D eigenvalue weighted by atomic mass is 32.1. The molecule has 0 saturated heterocycles. The monoisotopic (exact) mass is 247 g/mol. The zero-order valence-electron chi connectivity index (χ0n) is 10.2. The van der Waals surface area contributed by atoms with Crippen molar-refractivity contribution in [2.24, 2.45) is 5.73 Å². The molecule has 1 atom stereocenters. The molecule has 0 spiro atoms. The number of hydrogen-bond donors (Lipinski definition) is 1. The lowest BCUT2D eigenvalue weighted by Crippen LogP contribution is -2.05. The Bertz CT molecular complexity index is 477. The van der Waals surface area contributed by atoms with Gasteiger partial charge in [-0.3, -0.25) is 4.98 Å². The minimum atomic E-state index is 0.0551. The average molecular weight is 247 g/mol. The van der Waals surface area contributed by atoms with Crippen LogP contribution in [0.3, 0.4) is 0 Å². The average Bonchev–Trinajstić information content (AvgIpc) is 2.75. The Balaban J connectivity index is 2.40. The third kappa shape index (κ3) is 2.70. The van der Waals surface area contributed by atoms with Crippen LogP contribution in [-0.4, -0.2) is 9.97 Å². The molecule has 0 aliphatic heterocycles. The largest absolute Gasteiger partial charge is 0.323 e. The normalized spacial score (nSPS) is 12.6. The highest BCUT2D eigenvalue weighted by Gasteiger charge is 2.14. The van der Waals surface area contributed by atoms with Gasteiger partial charge in [-0.1, -0.05) is 13.3 Å². The van der Waals surface area contributed by atoms with E-state index in [1.165, 1.54) is 4.88 Å². The molecule has 2 N–H and O–H groups in total. The molecule has 0 aliphatic rings. The summed E-state index contributed by atoms with van der Waals surface area (Å²) >= 11 is 1.68. The van der Waals surface area contributed by atoms with Gasteiger partial charge in [-0.25, -0.2) is 4.98 Å². The molecular weight excluding hydrogens is 230 g/mol. The summed E-state index contributed by atoms with van der Waals surface area (Å²) in [5.74, 6) is 0. The maximum atomic E-state index is 5.99. The van der Waals surface area contributed by atoms with Crippen LogP contribution >= 0.6 is 11.3 Å². The van der Waals surface area contributed by atoms with Gasteiger partial charge in [0.15, 0.2) is 0 Å². The summed E-state index contributed by atoms with van der Waals surface area (Å²) in [7, 11) is 0. The van der Waals surface area contributed by atoms with E-state index >= 15 is 0 Å². The summed E-state index contributed by atoms with van der Waals surface area (Å²) in [6.07, 6.45) is 5.71. The van der Waals surface area contributed by atoms with Crippen molar-refractivity contribution in [3.05, 3.63) is 35.1 Å². The van der Waals surface area contributed by atoms with E-state index in [4.69, 9.17) is 5.73 Å². The maximum absolute atomic E-state index is 5.99. The molecule has 0 fully saturated rings. The lowest BCUT2D eigenvalue weighted by molar-refractivity contribution is 0.793. The third-order valence-electron chi connectivity index (χ3n) is 2.54. The van der Waals surface area contributed by atoms with Gasteiger partial charge in [-0.05, 0) is 25.5 Å². The Morgan fingerprint density at radius 1 is 1.47 bits per heavy atom. The van der Waals surface area contributed by atoms with Crippen molar-refractivity contribution in [3.63, 3.8) is 0 Å². The SMILES string of the molecule is CCCc1nc(-c2cccnc2)sc1C(C)N. The second-order valence-electron chi connectivity index (χ2n) is 4.11. The zero-order chi connectivity index (χ0) is 12.3. The topological polar surface area (TPSA) is 51.8 Å². The van der Waals surface area contributed by atoms with Crippen LogP contribution in [0.15, 0.2) is 24.5 Å². The molecule has 2 aromatic rings. The van der Waals surface area contributed by atoms with E-state index in [0.717, 1.165) is 29.1 Å². The van der Waals surface area contributed by atoms with E-state index < -0.39 is 0 Å². The van der Waals surface area contributed by atoms with Gasteiger partial charge in [0.25, 0.3) is 0 Å². The quantitative estimate of drug-likeness (QED) is 0.902. The Morgan fingerprint density at radius 2 is 2.29 bits per heavy atom. The van der Waals surface area contributed by atoms with E-state index in [0.29, 0.717) is 0 Å². The number of nitrogens with two attached hydrogens (primary N) is 1. The second kappa shape index (κ2) is 5.38. The summed E-state index contributed by atoms with van der Waals surface area (Å²) in [6, 6.07) is 4.02. The third-order valence-corrected chi connectivity index (χ3v) is 3.88. The number of aryl methyl sites for hydroxylation is 1. The lowest BCUT2D eigenvalue weighted by atomic mass is 10.2. The minimum absolute atomic E-state index is 0.0551. The van der Waals surface area contributed by atoms with Gasteiger partial charge in [0.05, 0.1) is 5.69 Å². The first-order valence-corrected chi connectivity index (χ1v) is 6.69. The van der Waals surface area contributed by atoms with Crippen molar-refractivity contribution in [1.82, 2.24) is 9.97 Å². The summed E-state index contributed by atoms with van der Waals surface area (Å²) in [5.41, 5.74) is 8.21. The number of pyridine rings is 1. The van der Waals surface area contributed by atoms with Crippen molar-refractivity contribution in [2.75, 3.05) is 0 Å². The summed E-state index contributed by atoms with van der Waals surface area (Å²) in [4.78, 5) is 10.0. The van der Waals surface area contributed by atoms with Gasteiger partial charge in [0, 0.05) is 28.9 Å². The molecule has 0 amide bonds. The van der Waals surface area contributed by atoms with Crippen LogP contribution in [0.5, 0.6) is 0 Å². The molecule has 0 aliphatic carbocycles. The molecule has 90 valence electrons. The lowest BCUT2D eigenvalue weighted by Gasteiger charge is -2.03. The van der Waals surface area contributed by atoms with Crippen molar-refractivity contribution >= 4 is 11.3 Å². The van der Waals surface area contributed by atoms with Crippen LogP contribution in [0, 0.1) is 0 Å². The molecule has 3 nitrogen and oxygen atoms in total. The standard InChI is InChI=1S/C13H17N3S/c1-3-5-11-12(9(2)14)17-13(16-11)10-6-4-7-15-8-10/h4,6-9H,3,5,14H2,1-2H3. The Morgan fingerprint density at radius 3 is 2.88 bits per heavy atom. The molecule has 0 saturated carbocycles. The maximum Gasteiger partial charge on any atom is 0.125 e. The first kappa shape index (κ1) is 12.2. The van der Waals surface area contributed by atoms with Crippen molar-refractivity contribution in [2.45, 2.75) is 32.7 Å². The van der Waals surface area contributed by atoms with Crippen LogP contribution in [0.1, 0.15) is 36.9 Å². The van der Waals surface area contributed by atoms with Crippen LogP contribution in [0.25, 0.3) is 10.6 Å². The van der Waals surface area contributed by atoms with Crippen LogP contribution in [-0.2, 0) is 6.42 Å². The highest BCUT2D eigenvalue weighted by molar-refractivity contribution is 7.15. The van der Waals surface area contributed by atoms with Gasteiger partial charge in [-0.15, -0.1) is 11.3 Å². The van der Waals surface area contributed by atoms with E-state index in [1.54, 1.807) is 17.5 Å². The van der Waals surface area contributed by atoms with Gasteiger partial charge in [-0.2, -0.15) is 0 Å². The highest BCUT2D eigenvalue weighted by Crippen LogP contribution is 2.31. The molecule has 0 bridgehead atoms. The predicted molar refractivity (Wildman–Crippen MR) is 71.9 cm³/mol. The fraction of sp³-hybridized carbons (Fsp3) is 0.385. The first-order chi connectivity index (χ1) is 8.22. The molecule has 1 unspecified atom stereocenters. The summed E-state index contributed by atoms with van der Waals surface area (Å²) in [6.45, 7) is 4.17. The number of aromatic nitrogens is 2. The van der Waals surface area contributed by atoms with Crippen LogP contribution in [0.2, 0.25) is 0 Å².